The van der Waals surface area contributed by atoms with Crippen molar-refractivity contribution in [1.82, 2.24) is 14.8 Å². The fourth-order valence-corrected chi connectivity index (χ4v) is 4.10. The first-order chi connectivity index (χ1) is 11.4. The minimum absolute atomic E-state index is 0.00366. The van der Waals surface area contributed by atoms with Crippen LogP contribution in [0.3, 0.4) is 0 Å². The van der Waals surface area contributed by atoms with E-state index in [-0.39, 0.29) is 15.7 Å². The lowest BCUT2D eigenvalue weighted by Gasteiger charge is -2.07. The summed E-state index contributed by atoms with van der Waals surface area (Å²) >= 11 is 9.26. The van der Waals surface area contributed by atoms with E-state index in [0.29, 0.717) is 11.0 Å². The van der Waals surface area contributed by atoms with Gasteiger partial charge in [-0.3, -0.25) is 14.4 Å². The lowest BCUT2D eigenvalue weighted by atomic mass is 10.3. The quantitative estimate of drug-likeness (QED) is 0.675. The van der Waals surface area contributed by atoms with Crippen LogP contribution in [0.5, 0.6) is 0 Å². The number of nitrogens with one attached hydrogen (secondary N) is 1. The third kappa shape index (κ3) is 3.95. The zero-order valence-corrected chi connectivity index (χ0v) is 15.4. The minimum atomic E-state index is -3.81. The van der Waals surface area contributed by atoms with Crippen molar-refractivity contribution in [3.05, 3.63) is 70.0 Å². The Morgan fingerprint density at radius 3 is 2.62 bits per heavy atom. The summed E-state index contributed by atoms with van der Waals surface area (Å²) < 4.78 is 29.6. The number of benzene rings is 1. The highest BCUT2D eigenvalue weighted by molar-refractivity contribution is 9.10. The number of pyridine rings is 1. The van der Waals surface area contributed by atoms with Gasteiger partial charge in [0, 0.05) is 29.1 Å². The van der Waals surface area contributed by atoms with Gasteiger partial charge >= 0.3 is 0 Å². The van der Waals surface area contributed by atoms with Crippen molar-refractivity contribution in [3.63, 3.8) is 0 Å². The molecule has 2 heterocycles. The summed E-state index contributed by atoms with van der Waals surface area (Å²) in [5, 5.41) is 4.35. The van der Waals surface area contributed by atoms with Gasteiger partial charge in [-0.25, -0.2) is 8.42 Å². The van der Waals surface area contributed by atoms with Crippen LogP contribution in [0.1, 0.15) is 5.56 Å². The molecule has 1 aromatic carbocycles. The highest BCUT2D eigenvalue weighted by Gasteiger charge is 2.19. The second kappa shape index (κ2) is 6.92. The molecule has 3 aromatic rings. The van der Waals surface area contributed by atoms with Gasteiger partial charge in [0.15, 0.2) is 5.82 Å². The molecule has 0 aliphatic carbocycles. The van der Waals surface area contributed by atoms with E-state index in [4.69, 9.17) is 11.6 Å². The largest absolute Gasteiger partial charge is 0.266 e. The fraction of sp³-hybridized carbons (Fsp3) is 0.0667. The molecule has 0 bridgehead atoms. The maximum atomic E-state index is 12.4. The molecule has 0 radical (unpaired) electrons. The van der Waals surface area contributed by atoms with E-state index in [2.05, 4.69) is 30.7 Å². The normalized spacial score (nSPS) is 11.4. The van der Waals surface area contributed by atoms with E-state index in [1.54, 1.807) is 35.4 Å². The lowest BCUT2D eigenvalue weighted by Crippen LogP contribution is -2.14. The Balaban J connectivity index is 1.78. The molecule has 0 fully saturated rings. The fourth-order valence-electron chi connectivity index (χ4n) is 2.07. The summed E-state index contributed by atoms with van der Waals surface area (Å²) in [5.41, 5.74) is 1.01. The van der Waals surface area contributed by atoms with E-state index in [1.165, 1.54) is 12.1 Å². The Bertz CT molecular complexity index is 961. The van der Waals surface area contributed by atoms with Crippen molar-refractivity contribution < 1.29 is 8.42 Å². The van der Waals surface area contributed by atoms with E-state index < -0.39 is 10.0 Å². The highest BCUT2D eigenvalue weighted by atomic mass is 79.9. The Kier molecular flexibility index (Phi) is 4.88. The highest BCUT2D eigenvalue weighted by Crippen LogP contribution is 2.26. The van der Waals surface area contributed by atoms with Gasteiger partial charge < -0.3 is 0 Å². The van der Waals surface area contributed by atoms with Crippen LogP contribution >= 0.6 is 27.5 Å². The molecule has 0 saturated carbocycles. The Hall–Kier alpha value is -1.90. The molecule has 0 unspecified atom stereocenters. The second-order valence-electron chi connectivity index (χ2n) is 4.93. The SMILES string of the molecule is O=S(=O)(Nc1ccn(Cc2ccncc2)n1)c1ccc(Br)cc1Cl. The molecule has 1 N–H and O–H groups in total. The maximum Gasteiger partial charge on any atom is 0.264 e. The summed E-state index contributed by atoms with van der Waals surface area (Å²) in [6.07, 6.45) is 5.08. The monoisotopic (exact) mass is 426 g/mol. The van der Waals surface area contributed by atoms with Crippen LogP contribution in [0.2, 0.25) is 5.02 Å². The van der Waals surface area contributed by atoms with Gasteiger partial charge in [-0.05, 0) is 35.9 Å². The zero-order valence-electron chi connectivity index (χ0n) is 12.2. The van der Waals surface area contributed by atoms with Crippen LogP contribution in [-0.2, 0) is 16.6 Å². The molecule has 0 atom stereocenters. The van der Waals surface area contributed by atoms with E-state index >= 15 is 0 Å². The van der Waals surface area contributed by atoms with E-state index in [1.807, 2.05) is 12.1 Å². The third-order valence-electron chi connectivity index (χ3n) is 3.16. The maximum absolute atomic E-state index is 12.4. The second-order valence-corrected chi connectivity index (χ2v) is 7.91. The minimum Gasteiger partial charge on any atom is -0.266 e. The van der Waals surface area contributed by atoms with Crippen molar-refractivity contribution in [1.29, 1.82) is 0 Å². The zero-order chi connectivity index (χ0) is 17.2. The molecule has 0 aliphatic rings. The number of sulfonamides is 1. The van der Waals surface area contributed by atoms with Gasteiger partial charge in [0.2, 0.25) is 0 Å². The van der Waals surface area contributed by atoms with Gasteiger partial charge in [-0.1, -0.05) is 27.5 Å². The molecule has 0 aliphatic heterocycles. The average molecular weight is 428 g/mol. The average Bonchev–Trinajstić information content (AvgIpc) is 2.94. The van der Waals surface area contributed by atoms with Crippen LogP contribution in [0.15, 0.2) is 64.4 Å². The molecule has 0 amide bonds. The molecule has 6 nitrogen and oxygen atoms in total. The van der Waals surface area contributed by atoms with Crippen molar-refractivity contribution in [3.8, 4) is 0 Å². The number of halogens is 2. The lowest BCUT2D eigenvalue weighted by molar-refractivity contribution is 0.600. The molecule has 9 heteroatoms. The van der Waals surface area contributed by atoms with Crippen LogP contribution < -0.4 is 4.72 Å². The van der Waals surface area contributed by atoms with Crippen molar-refractivity contribution in [2.45, 2.75) is 11.4 Å². The number of anilines is 1. The molecule has 2 aromatic heterocycles. The predicted octanol–water partition coefficient (Wildman–Crippen LogP) is 3.54. The summed E-state index contributed by atoms with van der Waals surface area (Å²) in [5.74, 6) is 0.225. The summed E-state index contributed by atoms with van der Waals surface area (Å²) in [6.45, 7) is 0.517. The Labute approximate surface area is 152 Å². The topological polar surface area (TPSA) is 76.9 Å². The van der Waals surface area contributed by atoms with E-state index in [9.17, 15) is 8.42 Å². The van der Waals surface area contributed by atoms with E-state index in [0.717, 1.165) is 5.56 Å². The van der Waals surface area contributed by atoms with Gasteiger partial charge in [-0.2, -0.15) is 5.10 Å². The number of aromatic nitrogens is 3. The van der Waals surface area contributed by atoms with Crippen molar-refractivity contribution in [2.24, 2.45) is 0 Å². The summed E-state index contributed by atoms with van der Waals surface area (Å²) in [7, 11) is -3.81. The van der Waals surface area contributed by atoms with Crippen LogP contribution in [-0.4, -0.2) is 23.2 Å². The van der Waals surface area contributed by atoms with Crippen LogP contribution in [0.4, 0.5) is 5.82 Å². The number of rotatable bonds is 5. The van der Waals surface area contributed by atoms with Gasteiger partial charge in [0.05, 0.1) is 11.6 Å². The molecule has 0 saturated heterocycles. The van der Waals surface area contributed by atoms with Gasteiger partial charge in [0.1, 0.15) is 4.90 Å². The number of hydrogen-bond acceptors (Lipinski definition) is 4. The molecular formula is C15H12BrClN4O2S. The molecule has 124 valence electrons. The van der Waals surface area contributed by atoms with Gasteiger partial charge in [0.25, 0.3) is 10.0 Å². The smallest absolute Gasteiger partial charge is 0.264 e. The molecule has 3 rings (SSSR count). The standard InChI is InChI=1S/C15H12BrClN4O2S/c16-12-1-2-14(13(17)9-12)24(22,23)20-15-5-8-21(19-15)10-11-3-6-18-7-4-11/h1-9H,10H2,(H,19,20). The first-order valence-corrected chi connectivity index (χ1v) is 9.50. The van der Waals surface area contributed by atoms with Gasteiger partial charge in [-0.15, -0.1) is 0 Å². The predicted molar refractivity (Wildman–Crippen MR) is 95.5 cm³/mol. The third-order valence-corrected chi connectivity index (χ3v) is 5.49. The summed E-state index contributed by atoms with van der Waals surface area (Å²) in [6, 6.07) is 9.90. The molecule has 24 heavy (non-hydrogen) atoms. The first kappa shape index (κ1) is 16.9. The Morgan fingerprint density at radius 2 is 1.92 bits per heavy atom. The molecular weight excluding hydrogens is 416 g/mol. The molecule has 0 spiro atoms. The summed E-state index contributed by atoms with van der Waals surface area (Å²) in [4.78, 5) is 3.95. The Morgan fingerprint density at radius 1 is 1.17 bits per heavy atom. The van der Waals surface area contributed by atoms with Crippen molar-refractivity contribution >= 4 is 43.4 Å². The first-order valence-electron chi connectivity index (χ1n) is 6.84. The van der Waals surface area contributed by atoms with Crippen LogP contribution in [0, 0.1) is 0 Å². The number of nitrogens with zero attached hydrogens (tertiary/aromatic N) is 3. The number of hydrogen-bond donors (Lipinski definition) is 1. The van der Waals surface area contributed by atoms with Crippen LogP contribution in [0.25, 0.3) is 0 Å². The van der Waals surface area contributed by atoms with Crippen molar-refractivity contribution in [2.75, 3.05) is 4.72 Å².